The van der Waals surface area contributed by atoms with Crippen LogP contribution in [0.3, 0.4) is 0 Å². The summed E-state index contributed by atoms with van der Waals surface area (Å²) in [7, 11) is 0. The molecule has 0 N–H and O–H groups in total. The van der Waals surface area contributed by atoms with E-state index in [1.54, 1.807) is 19.3 Å². The van der Waals surface area contributed by atoms with Gasteiger partial charge in [0.1, 0.15) is 0 Å². The summed E-state index contributed by atoms with van der Waals surface area (Å²) < 4.78 is 0. The van der Waals surface area contributed by atoms with Gasteiger partial charge in [0, 0.05) is 5.25 Å². The van der Waals surface area contributed by atoms with Gasteiger partial charge in [-0.05, 0) is 79.3 Å². The second-order valence-electron chi connectivity index (χ2n) is 7.61. The quantitative estimate of drug-likeness (QED) is 0.387. The van der Waals surface area contributed by atoms with E-state index in [0.717, 1.165) is 46.7 Å². The molecule has 0 aromatic heterocycles. The van der Waals surface area contributed by atoms with Crippen molar-refractivity contribution in [2.75, 3.05) is 5.75 Å². The Bertz CT molecular complexity index is 363. The van der Waals surface area contributed by atoms with Crippen LogP contribution in [-0.2, 0) is 0 Å². The van der Waals surface area contributed by atoms with Crippen LogP contribution >= 0.6 is 11.8 Å². The van der Waals surface area contributed by atoms with Gasteiger partial charge in [-0.3, -0.25) is 0 Å². The van der Waals surface area contributed by atoms with Crippen molar-refractivity contribution in [3.63, 3.8) is 0 Å². The van der Waals surface area contributed by atoms with Gasteiger partial charge in [0.25, 0.3) is 0 Å². The maximum Gasteiger partial charge on any atom is 0.00810 e. The molecule has 0 radical (unpaired) electrons. The first-order valence-corrected chi connectivity index (χ1v) is 9.62. The minimum atomic E-state index is 0.886. The summed E-state index contributed by atoms with van der Waals surface area (Å²) in [6, 6.07) is 0. The van der Waals surface area contributed by atoms with Crippen LogP contribution < -0.4 is 0 Å². The van der Waals surface area contributed by atoms with E-state index in [4.69, 9.17) is 0 Å². The van der Waals surface area contributed by atoms with Gasteiger partial charge in [0.2, 0.25) is 0 Å². The Labute approximate surface area is 122 Å². The molecule has 0 amide bonds. The molecule has 4 aliphatic carbocycles. The highest BCUT2D eigenvalue weighted by molar-refractivity contribution is 7.99. The highest BCUT2D eigenvalue weighted by Gasteiger charge is 2.63. The lowest BCUT2D eigenvalue weighted by atomic mass is 9.67. The molecular formula is C18H28S. The Balaban J connectivity index is 1.45. The van der Waals surface area contributed by atoms with Crippen molar-refractivity contribution in [2.24, 2.45) is 41.4 Å². The third-order valence-electron chi connectivity index (χ3n) is 6.94. The molecule has 0 aromatic carbocycles. The average Bonchev–Trinajstić information content (AvgIpc) is 3.15. The van der Waals surface area contributed by atoms with Gasteiger partial charge in [0.15, 0.2) is 0 Å². The fraction of sp³-hybridized carbons (Fsp3) is 0.889. The van der Waals surface area contributed by atoms with Crippen molar-refractivity contribution in [1.29, 1.82) is 0 Å². The van der Waals surface area contributed by atoms with E-state index >= 15 is 0 Å². The number of hydrogen-bond donors (Lipinski definition) is 0. The Hall–Kier alpha value is 0.0900. The monoisotopic (exact) mass is 276 g/mol. The van der Waals surface area contributed by atoms with Gasteiger partial charge in [0.05, 0.1) is 0 Å². The standard InChI is InChI=1S/C18H28S/c1-3-5-6-19-16-10-13-9-15(16)18-12-7-11(4-2)14(8-12)17(13)18/h4,11-18H,2-3,5-10H2,1H3/t11-,12?,13?,14+,15+,16-,17?,18?/m1/s1. The summed E-state index contributed by atoms with van der Waals surface area (Å²) in [6.07, 6.45) is 11.3. The highest BCUT2D eigenvalue weighted by Crippen LogP contribution is 2.70. The van der Waals surface area contributed by atoms with E-state index < -0.39 is 0 Å². The lowest BCUT2D eigenvalue weighted by Gasteiger charge is -2.40. The maximum absolute atomic E-state index is 4.10. The minimum absolute atomic E-state index is 0.886. The molecule has 106 valence electrons. The highest BCUT2D eigenvalue weighted by atomic mass is 32.2. The molecule has 0 aromatic rings. The minimum Gasteiger partial charge on any atom is -0.158 e. The van der Waals surface area contributed by atoms with E-state index in [9.17, 15) is 0 Å². The third kappa shape index (κ3) is 1.79. The largest absolute Gasteiger partial charge is 0.158 e. The molecule has 19 heavy (non-hydrogen) atoms. The molecule has 0 spiro atoms. The number of thioether (sulfide) groups is 1. The Morgan fingerprint density at radius 1 is 1.05 bits per heavy atom. The van der Waals surface area contributed by atoms with E-state index in [2.05, 4.69) is 31.3 Å². The zero-order valence-corrected chi connectivity index (χ0v) is 13.1. The molecule has 0 aliphatic heterocycles. The molecule has 4 saturated carbocycles. The molecule has 4 rings (SSSR count). The fourth-order valence-corrected chi connectivity index (χ4v) is 8.11. The first-order chi connectivity index (χ1) is 9.33. The Morgan fingerprint density at radius 3 is 2.58 bits per heavy atom. The second kappa shape index (κ2) is 4.83. The smallest absolute Gasteiger partial charge is 0.00810 e. The fourth-order valence-electron chi connectivity index (χ4n) is 6.43. The summed E-state index contributed by atoms with van der Waals surface area (Å²) in [6.45, 7) is 6.42. The number of fused-ring (bicyclic) bond motifs is 9. The van der Waals surface area contributed by atoms with E-state index in [-0.39, 0.29) is 0 Å². The SMILES string of the molecule is C=C[C@@H]1CC2C[C@@H]1C1C3C[C@H](C21)[C@H](SCCCC)C3. The number of unbranched alkanes of at least 4 members (excludes halogenated alkanes) is 1. The van der Waals surface area contributed by atoms with Crippen LogP contribution in [0.1, 0.15) is 45.4 Å². The van der Waals surface area contributed by atoms with Crippen molar-refractivity contribution in [3.05, 3.63) is 12.7 Å². The zero-order chi connectivity index (χ0) is 13.0. The van der Waals surface area contributed by atoms with Crippen LogP contribution in [0.4, 0.5) is 0 Å². The van der Waals surface area contributed by atoms with Gasteiger partial charge in [-0.2, -0.15) is 11.8 Å². The number of hydrogen-bond acceptors (Lipinski definition) is 1. The zero-order valence-electron chi connectivity index (χ0n) is 12.3. The van der Waals surface area contributed by atoms with Crippen LogP contribution in [0, 0.1) is 41.4 Å². The summed E-state index contributed by atoms with van der Waals surface area (Å²) in [4.78, 5) is 0. The summed E-state index contributed by atoms with van der Waals surface area (Å²) in [5.41, 5.74) is 0. The van der Waals surface area contributed by atoms with Crippen LogP contribution in [0.2, 0.25) is 0 Å². The molecule has 8 atom stereocenters. The first-order valence-electron chi connectivity index (χ1n) is 8.57. The lowest BCUT2D eigenvalue weighted by molar-refractivity contribution is 0.125. The molecule has 1 heteroatoms. The van der Waals surface area contributed by atoms with Crippen molar-refractivity contribution in [1.82, 2.24) is 0 Å². The van der Waals surface area contributed by atoms with Crippen molar-refractivity contribution in [2.45, 2.75) is 50.7 Å². The van der Waals surface area contributed by atoms with Gasteiger partial charge in [-0.25, -0.2) is 0 Å². The van der Waals surface area contributed by atoms with Gasteiger partial charge < -0.3 is 0 Å². The van der Waals surface area contributed by atoms with Crippen LogP contribution in [0.25, 0.3) is 0 Å². The number of allylic oxidation sites excluding steroid dienone is 1. The molecule has 0 heterocycles. The Kier molecular flexibility index (Phi) is 3.25. The van der Waals surface area contributed by atoms with Gasteiger partial charge in [-0.1, -0.05) is 19.4 Å². The molecule has 4 unspecified atom stereocenters. The predicted molar refractivity (Wildman–Crippen MR) is 84.2 cm³/mol. The lowest BCUT2D eigenvalue weighted by Crippen LogP contribution is -2.36. The average molecular weight is 276 g/mol. The molecular weight excluding hydrogens is 248 g/mol. The first kappa shape index (κ1) is 12.8. The maximum atomic E-state index is 4.10. The van der Waals surface area contributed by atoms with Gasteiger partial charge in [-0.15, -0.1) is 6.58 Å². The van der Waals surface area contributed by atoms with Crippen molar-refractivity contribution < 1.29 is 0 Å². The Morgan fingerprint density at radius 2 is 1.79 bits per heavy atom. The topological polar surface area (TPSA) is 0 Å². The van der Waals surface area contributed by atoms with E-state index in [0.29, 0.717) is 0 Å². The molecule has 0 saturated heterocycles. The third-order valence-corrected chi connectivity index (χ3v) is 8.44. The van der Waals surface area contributed by atoms with Crippen molar-refractivity contribution >= 4 is 11.8 Å². The number of rotatable bonds is 5. The second-order valence-corrected chi connectivity index (χ2v) is 8.95. The van der Waals surface area contributed by atoms with E-state index in [1.807, 2.05) is 0 Å². The van der Waals surface area contributed by atoms with Crippen LogP contribution in [0.15, 0.2) is 12.7 Å². The summed E-state index contributed by atoms with van der Waals surface area (Å²) >= 11 is 2.33. The van der Waals surface area contributed by atoms with Crippen LogP contribution in [-0.4, -0.2) is 11.0 Å². The predicted octanol–water partition coefficient (Wildman–Crippen LogP) is 5.00. The molecule has 0 nitrogen and oxygen atoms in total. The van der Waals surface area contributed by atoms with Gasteiger partial charge >= 0.3 is 0 Å². The molecule has 4 fully saturated rings. The normalized spacial score (nSPS) is 53.7. The van der Waals surface area contributed by atoms with E-state index in [1.165, 1.54) is 25.0 Å². The summed E-state index contributed by atoms with van der Waals surface area (Å²) in [5, 5.41) is 1.04. The molecule has 4 bridgehead atoms. The molecule has 4 aliphatic rings. The van der Waals surface area contributed by atoms with Crippen molar-refractivity contribution in [3.8, 4) is 0 Å². The van der Waals surface area contributed by atoms with Crippen LogP contribution in [0.5, 0.6) is 0 Å². The summed E-state index contributed by atoms with van der Waals surface area (Å²) in [5.74, 6) is 8.91.